The third-order valence-electron chi connectivity index (χ3n) is 3.49. The van der Waals surface area contributed by atoms with Crippen molar-refractivity contribution >= 4 is 5.91 Å². The molecule has 1 fully saturated rings. The van der Waals surface area contributed by atoms with E-state index in [2.05, 4.69) is 4.90 Å². The highest BCUT2D eigenvalue weighted by Gasteiger charge is 2.18. The largest absolute Gasteiger partial charge is 0.507 e. The SMILES string of the molecule is CN(CCN1CCCC1)C(=O)c1ccc(F)cc1O. The Labute approximate surface area is 112 Å². The van der Waals surface area contributed by atoms with Crippen molar-refractivity contribution in [1.29, 1.82) is 0 Å². The summed E-state index contributed by atoms with van der Waals surface area (Å²) in [4.78, 5) is 16.0. The standard InChI is InChI=1S/C14H19FN2O2/c1-16(8-9-17-6-2-3-7-17)14(19)12-5-4-11(15)10-13(12)18/h4-5,10,18H,2-3,6-9H2,1H3. The first-order valence-corrected chi connectivity index (χ1v) is 6.54. The summed E-state index contributed by atoms with van der Waals surface area (Å²) in [6.07, 6.45) is 2.44. The minimum absolute atomic E-state index is 0.144. The van der Waals surface area contributed by atoms with Gasteiger partial charge in [0.25, 0.3) is 5.91 Å². The van der Waals surface area contributed by atoms with Gasteiger partial charge in [0.2, 0.25) is 0 Å². The molecule has 1 saturated heterocycles. The van der Waals surface area contributed by atoms with Crippen LogP contribution in [0.1, 0.15) is 23.2 Å². The molecule has 0 radical (unpaired) electrons. The predicted octanol–water partition coefficient (Wildman–Crippen LogP) is 1.70. The predicted molar refractivity (Wildman–Crippen MR) is 70.7 cm³/mol. The molecule has 0 spiro atoms. The molecule has 1 amide bonds. The Morgan fingerprint density at radius 1 is 1.42 bits per heavy atom. The summed E-state index contributed by atoms with van der Waals surface area (Å²) in [5.41, 5.74) is 0.144. The molecule has 1 aliphatic rings. The number of carbonyl (C=O) groups is 1. The number of benzene rings is 1. The van der Waals surface area contributed by atoms with Crippen LogP contribution in [-0.2, 0) is 0 Å². The summed E-state index contributed by atoms with van der Waals surface area (Å²) in [5.74, 6) is -1.14. The topological polar surface area (TPSA) is 43.8 Å². The smallest absolute Gasteiger partial charge is 0.257 e. The van der Waals surface area contributed by atoms with Crippen LogP contribution in [0.5, 0.6) is 5.75 Å². The number of aromatic hydroxyl groups is 1. The fourth-order valence-corrected chi connectivity index (χ4v) is 2.29. The fraction of sp³-hybridized carbons (Fsp3) is 0.500. The molecule has 0 saturated carbocycles. The molecule has 2 rings (SSSR count). The third kappa shape index (κ3) is 3.44. The quantitative estimate of drug-likeness (QED) is 0.902. The molecule has 5 heteroatoms. The molecule has 4 nitrogen and oxygen atoms in total. The highest BCUT2D eigenvalue weighted by Crippen LogP contribution is 2.19. The second-order valence-electron chi connectivity index (χ2n) is 4.94. The number of hydrogen-bond acceptors (Lipinski definition) is 3. The van der Waals surface area contributed by atoms with Gasteiger partial charge in [0.15, 0.2) is 0 Å². The van der Waals surface area contributed by atoms with E-state index < -0.39 is 5.82 Å². The minimum Gasteiger partial charge on any atom is -0.507 e. The van der Waals surface area contributed by atoms with E-state index in [1.54, 1.807) is 11.9 Å². The van der Waals surface area contributed by atoms with Gasteiger partial charge < -0.3 is 14.9 Å². The van der Waals surface area contributed by atoms with Gasteiger partial charge in [0.05, 0.1) is 5.56 Å². The Morgan fingerprint density at radius 2 is 2.11 bits per heavy atom. The first-order valence-electron chi connectivity index (χ1n) is 6.54. The highest BCUT2D eigenvalue weighted by molar-refractivity contribution is 5.96. The maximum atomic E-state index is 12.9. The zero-order valence-corrected chi connectivity index (χ0v) is 11.1. The molecule has 0 unspecified atom stereocenters. The molecule has 0 atom stereocenters. The zero-order chi connectivity index (χ0) is 13.8. The highest BCUT2D eigenvalue weighted by atomic mass is 19.1. The number of phenols is 1. The third-order valence-corrected chi connectivity index (χ3v) is 3.49. The minimum atomic E-state index is -0.547. The summed E-state index contributed by atoms with van der Waals surface area (Å²) in [5, 5.41) is 9.59. The van der Waals surface area contributed by atoms with Gasteiger partial charge in [-0.05, 0) is 38.1 Å². The first kappa shape index (κ1) is 13.8. The van der Waals surface area contributed by atoms with Gasteiger partial charge >= 0.3 is 0 Å². The molecule has 1 aliphatic heterocycles. The van der Waals surface area contributed by atoms with Crippen LogP contribution in [0.4, 0.5) is 4.39 Å². The Morgan fingerprint density at radius 3 is 2.74 bits per heavy atom. The molecular weight excluding hydrogens is 247 g/mol. The molecule has 1 N–H and O–H groups in total. The van der Waals surface area contributed by atoms with Gasteiger partial charge in [0.1, 0.15) is 11.6 Å². The van der Waals surface area contributed by atoms with Crippen molar-refractivity contribution in [2.24, 2.45) is 0 Å². The van der Waals surface area contributed by atoms with Crippen LogP contribution in [0.15, 0.2) is 18.2 Å². The van der Waals surface area contributed by atoms with E-state index in [4.69, 9.17) is 0 Å². The first-order chi connectivity index (χ1) is 9.08. The van der Waals surface area contributed by atoms with Crippen molar-refractivity contribution in [1.82, 2.24) is 9.80 Å². The van der Waals surface area contributed by atoms with Gasteiger partial charge in [-0.2, -0.15) is 0 Å². The summed E-state index contributed by atoms with van der Waals surface area (Å²) < 4.78 is 12.9. The van der Waals surface area contributed by atoms with E-state index in [9.17, 15) is 14.3 Å². The number of nitrogens with zero attached hydrogens (tertiary/aromatic N) is 2. The molecule has 104 valence electrons. The number of carbonyl (C=O) groups excluding carboxylic acids is 1. The number of amides is 1. The monoisotopic (exact) mass is 266 g/mol. The van der Waals surface area contributed by atoms with Gasteiger partial charge in [-0.3, -0.25) is 4.79 Å². The lowest BCUT2D eigenvalue weighted by Gasteiger charge is -2.21. The van der Waals surface area contributed by atoms with E-state index in [-0.39, 0.29) is 17.2 Å². The van der Waals surface area contributed by atoms with Crippen LogP contribution in [0.2, 0.25) is 0 Å². The number of phenolic OH excluding ortho intramolecular Hbond substituents is 1. The fourth-order valence-electron chi connectivity index (χ4n) is 2.29. The van der Waals surface area contributed by atoms with Crippen LogP contribution in [0.3, 0.4) is 0 Å². The number of likely N-dealkylation sites (tertiary alicyclic amines) is 1. The Balaban J connectivity index is 1.94. The van der Waals surface area contributed by atoms with Gasteiger partial charge in [-0.15, -0.1) is 0 Å². The number of likely N-dealkylation sites (N-methyl/N-ethyl adjacent to an activating group) is 1. The van der Waals surface area contributed by atoms with Crippen LogP contribution >= 0.6 is 0 Å². The van der Waals surface area contributed by atoms with Crippen molar-refractivity contribution in [3.8, 4) is 5.75 Å². The van der Waals surface area contributed by atoms with Crippen molar-refractivity contribution in [3.63, 3.8) is 0 Å². The average molecular weight is 266 g/mol. The van der Waals surface area contributed by atoms with Gasteiger partial charge in [-0.25, -0.2) is 4.39 Å². The number of hydrogen-bond donors (Lipinski definition) is 1. The second-order valence-corrected chi connectivity index (χ2v) is 4.94. The van der Waals surface area contributed by atoms with Crippen molar-refractivity contribution < 1.29 is 14.3 Å². The lowest BCUT2D eigenvalue weighted by molar-refractivity contribution is 0.0779. The molecule has 1 aromatic carbocycles. The molecule has 0 aliphatic carbocycles. The number of rotatable bonds is 4. The van der Waals surface area contributed by atoms with Crippen molar-refractivity contribution in [2.75, 3.05) is 33.2 Å². The van der Waals surface area contributed by atoms with E-state index in [1.165, 1.54) is 25.0 Å². The molecule has 1 aromatic rings. The summed E-state index contributed by atoms with van der Waals surface area (Å²) in [6, 6.07) is 3.46. The average Bonchev–Trinajstić information content (AvgIpc) is 2.88. The molecular formula is C14H19FN2O2. The maximum Gasteiger partial charge on any atom is 0.257 e. The Hall–Kier alpha value is -1.62. The molecule has 0 aromatic heterocycles. The molecule has 19 heavy (non-hydrogen) atoms. The normalized spacial score (nSPS) is 15.7. The van der Waals surface area contributed by atoms with Crippen molar-refractivity contribution in [2.45, 2.75) is 12.8 Å². The van der Waals surface area contributed by atoms with Gasteiger partial charge in [0, 0.05) is 26.2 Å². The van der Waals surface area contributed by atoms with E-state index in [0.29, 0.717) is 6.54 Å². The maximum absolute atomic E-state index is 12.9. The lowest BCUT2D eigenvalue weighted by atomic mass is 10.1. The van der Waals surface area contributed by atoms with E-state index >= 15 is 0 Å². The summed E-state index contributed by atoms with van der Waals surface area (Å²) >= 11 is 0. The van der Waals surface area contributed by atoms with Crippen LogP contribution < -0.4 is 0 Å². The van der Waals surface area contributed by atoms with Gasteiger partial charge in [-0.1, -0.05) is 0 Å². The van der Waals surface area contributed by atoms with E-state index in [1.807, 2.05) is 0 Å². The second kappa shape index (κ2) is 6.02. The molecule has 1 heterocycles. The summed E-state index contributed by atoms with van der Waals surface area (Å²) in [7, 11) is 1.70. The summed E-state index contributed by atoms with van der Waals surface area (Å²) in [6.45, 7) is 3.62. The lowest BCUT2D eigenvalue weighted by Crippen LogP contribution is -2.35. The molecule has 0 bridgehead atoms. The van der Waals surface area contributed by atoms with Crippen LogP contribution in [-0.4, -0.2) is 54.0 Å². The zero-order valence-electron chi connectivity index (χ0n) is 11.1. The van der Waals surface area contributed by atoms with E-state index in [0.717, 1.165) is 25.7 Å². The Bertz CT molecular complexity index is 459. The number of halogens is 1. The van der Waals surface area contributed by atoms with Crippen LogP contribution in [0, 0.1) is 5.82 Å². The van der Waals surface area contributed by atoms with Crippen molar-refractivity contribution in [3.05, 3.63) is 29.6 Å². The Kier molecular flexibility index (Phi) is 4.37. The van der Waals surface area contributed by atoms with Crippen LogP contribution in [0.25, 0.3) is 0 Å².